The molecule has 1 aromatic heterocycles. The molecule has 2 bridgehead atoms. The lowest BCUT2D eigenvalue weighted by Gasteiger charge is -2.45. The summed E-state index contributed by atoms with van der Waals surface area (Å²) in [4.78, 5) is 29.5. The minimum Gasteiger partial charge on any atom is -0.490 e. The molecule has 2 aliphatic carbocycles. The van der Waals surface area contributed by atoms with E-state index in [1.165, 1.54) is 29.1 Å². The van der Waals surface area contributed by atoms with E-state index in [0.29, 0.717) is 31.9 Å². The van der Waals surface area contributed by atoms with Crippen LogP contribution in [0.15, 0.2) is 59.1 Å². The summed E-state index contributed by atoms with van der Waals surface area (Å²) in [5.41, 5.74) is 3.45. The minimum absolute atomic E-state index is 0.0699. The highest BCUT2D eigenvalue weighted by atomic mass is 35.5. The molecule has 2 aliphatic heterocycles. The summed E-state index contributed by atoms with van der Waals surface area (Å²) in [6.45, 7) is 3.70. The van der Waals surface area contributed by atoms with E-state index in [4.69, 9.17) is 21.1 Å². The quantitative estimate of drug-likeness (QED) is 0.251. The number of hydrogen-bond acceptors (Lipinski definition) is 8. The van der Waals surface area contributed by atoms with Gasteiger partial charge in [0.05, 0.1) is 36.1 Å². The number of hydrogen-bond donors (Lipinski definition) is 3. The Morgan fingerprint density at radius 1 is 1.22 bits per heavy atom. The number of ether oxygens (including phenoxy) is 2. The van der Waals surface area contributed by atoms with Crippen LogP contribution in [-0.4, -0.2) is 69.2 Å². The summed E-state index contributed by atoms with van der Waals surface area (Å²) in [6.07, 6.45) is 9.78. The lowest BCUT2D eigenvalue weighted by atomic mass is 9.68. The van der Waals surface area contributed by atoms with Crippen LogP contribution in [-0.2, 0) is 29.5 Å². The topological polar surface area (TPSA) is 135 Å². The number of nitrogens with one attached hydrogen (secondary N) is 1. The number of benzene rings is 2. The average Bonchev–Trinajstić information content (AvgIpc) is 3.40. The zero-order valence-electron chi connectivity index (χ0n) is 28.5. The van der Waals surface area contributed by atoms with Gasteiger partial charge < -0.3 is 24.8 Å². The van der Waals surface area contributed by atoms with Crippen LogP contribution in [0.2, 0.25) is 5.02 Å². The van der Waals surface area contributed by atoms with Crippen molar-refractivity contribution in [1.29, 1.82) is 0 Å². The number of anilines is 1. The van der Waals surface area contributed by atoms with Crippen molar-refractivity contribution in [3.8, 4) is 11.6 Å². The summed E-state index contributed by atoms with van der Waals surface area (Å²) in [7, 11) is 0.483. The number of halogens is 1. The molecule has 3 heterocycles. The van der Waals surface area contributed by atoms with Gasteiger partial charge in [-0.1, -0.05) is 36.7 Å². The zero-order valence-corrected chi connectivity index (χ0v) is 30.2. The third-order valence-corrected chi connectivity index (χ3v) is 12.7. The molecule has 50 heavy (non-hydrogen) atoms. The molecule has 0 radical (unpaired) electrons. The van der Waals surface area contributed by atoms with Crippen LogP contribution >= 0.6 is 11.6 Å². The molecule has 11 nitrogen and oxygen atoms in total. The van der Waals surface area contributed by atoms with Crippen molar-refractivity contribution < 1.29 is 28.4 Å². The van der Waals surface area contributed by atoms with Crippen LogP contribution in [0, 0.1) is 17.8 Å². The summed E-state index contributed by atoms with van der Waals surface area (Å²) < 4.78 is 31.4. The number of aryl methyl sites for hydroxylation is 2. The minimum atomic E-state index is -2.60. The first-order chi connectivity index (χ1) is 24.0. The fraction of sp³-hybridized carbons (Fsp3) is 0.486. The molecule has 2 N–H and O–H groups in total. The number of aromatic nitrogens is 2. The number of aliphatic hydroxyl groups excluding tert-OH is 1. The van der Waals surface area contributed by atoms with Gasteiger partial charge in [0.2, 0.25) is 5.88 Å². The SMILES string of the molecule is COc1nn(C)cc1C(=O)NC1[C@@H](C)C/C=C/[C@H](O)[C@@H]2CC[C@H]2CN2C[C@@]3(CCCc4cc(Cl)ccc43)COc3ccc(cc32)C(=O)/N=[SH]/1=O. The molecular weight excluding hydrogens is 678 g/mol. The lowest BCUT2D eigenvalue weighted by molar-refractivity contribution is 0.0455. The maximum absolute atomic E-state index is 13.9. The summed E-state index contributed by atoms with van der Waals surface area (Å²) in [5, 5.41) is 18.1. The summed E-state index contributed by atoms with van der Waals surface area (Å²) in [6, 6.07) is 11.4. The highest BCUT2D eigenvalue weighted by Crippen LogP contribution is 2.47. The van der Waals surface area contributed by atoms with Crippen LogP contribution in [0.5, 0.6) is 11.6 Å². The van der Waals surface area contributed by atoms with Crippen molar-refractivity contribution >= 4 is 39.7 Å². The van der Waals surface area contributed by atoms with E-state index in [-0.39, 0.29) is 40.2 Å². The molecule has 1 spiro atoms. The van der Waals surface area contributed by atoms with Crippen molar-refractivity contribution in [3.63, 3.8) is 0 Å². The Balaban J connectivity index is 1.27. The number of rotatable bonds is 3. The fourth-order valence-electron chi connectivity index (χ4n) is 8.12. The summed E-state index contributed by atoms with van der Waals surface area (Å²) >= 11 is 6.42. The van der Waals surface area contributed by atoms with Crippen LogP contribution in [0.4, 0.5) is 5.69 Å². The van der Waals surface area contributed by atoms with Gasteiger partial charge in [0.15, 0.2) is 0 Å². The van der Waals surface area contributed by atoms with Gasteiger partial charge in [-0.15, -0.1) is 5.10 Å². The zero-order chi connectivity index (χ0) is 35.2. The second kappa shape index (κ2) is 14.0. The number of fused-ring (bicyclic) bond motifs is 4. The molecule has 2 amide bonds. The molecule has 1 fully saturated rings. The smallest absolute Gasteiger partial charge is 0.285 e. The third kappa shape index (κ3) is 6.65. The highest BCUT2D eigenvalue weighted by Gasteiger charge is 2.44. The Kier molecular flexibility index (Phi) is 9.71. The Morgan fingerprint density at radius 2 is 2.06 bits per heavy atom. The van der Waals surface area contributed by atoms with Crippen molar-refractivity contribution in [3.05, 3.63) is 82.0 Å². The van der Waals surface area contributed by atoms with Crippen molar-refractivity contribution in [1.82, 2.24) is 15.1 Å². The number of carbonyl (C=O) groups excluding carboxylic acids is 2. The van der Waals surface area contributed by atoms with Crippen molar-refractivity contribution in [2.45, 2.75) is 62.3 Å². The normalized spacial score (nSPS) is 30.4. The number of carbonyl (C=O) groups is 2. The lowest BCUT2D eigenvalue weighted by Crippen LogP contribution is -2.49. The Hall–Kier alpha value is -3.87. The Labute approximate surface area is 299 Å². The first-order valence-electron chi connectivity index (χ1n) is 17.3. The largest absolute Gasteiger partial charge is 0.490 e. The molecule has 7 rings (SSSR count). The third-order valence-electron chi connectivity index (χ3n) is 11.0. The van der Waals surface area contributed by atoms with E-state index >= 15 is 0 Å². The van der Waals surface area contributed by atoms with Crippen LogP contribution in [0.25, 0.3) is 0 Å². The van der Waals surface area contributed by atoms with Gasteiger partial charge in [-0.3, -0.25) is 18.5 Å². The summed E-state index contributed by atoms with van der Waals surface area (Å²) in [5.74, 6) is -0.438. The van der Waals surface area contributed by atoms with E-state index in [1.54, 1.807) is 25.2 Å². The van der Waals surface area contributed by atoms with Gasteiger partial charge in [0, 0.05) is 42.3 Å². The van der Waals surface area contributed by atoms with Crippen LogP contribution in [0.3, 0.4) is 0 Å². The predicted octanol–water partition coefficient (Wildman–Crippen LogP) is 5.10. The number of amides is 2. The molecule has 13 heteroatoms. The number of methoxy groups -OCH3 is 1. The second-order valence-corrected chi connectivity index (χ2v) is 16.1. The predicted molar refractivity (Wildman–Crippen MR) is 193 cm³/mol. The number of aliphatic hydroxyl groups is 1. The van der Waals surface area contributed by atoms with Crippen molar-refractivity contribution in [2.24, 2.45) is 29.2 Å². The van der Waals surface area contributed by atoms with Gasteiger partial charge in [-0.2, -0.15) is 4.36 Å². The molecule has 2 unspecified atom stereocenters. The first-order valence-corrected chi connectivity index (χ1v) is 19.0. The molecular formula is C37H44ClN5O6S. The molecule has 2 aromatic carbocycles. The number of allylic oxidation sites excluding steroid dienone is 1. The molecule has 7 atom stereocenters. The molecule has 0 saturated heterocycles. The van der Waals surface area contributed by atoms with E-state index in [9.17, 15) is 18.9 Å². The van der Waals surface area contributed by atoms with E-state index in [0.717, 1.165) is 42.8 Å². The Morgan fingerprint density at radius 3 is 2.84 bits per heavy atom. The second-order valence-electron chi connectivity index (χ2n) is 14.3. The molecule has 4 aliphatic rings. The number of nitrogens with zero attached hydrogens (tertiary/aromatic N) is 4. The van der Waals surface area contributed by atoms with Gasteiger partial charge in [-0.25, -0.2) is 0 Å². The van der Waals surface area contributed by atoms with E-state index < -0.39 is 33.9 Å². The van der Waals surface area contributed by atoms with E-state index in [2.05, 4.69) is 31.8 Å². The van der Waals surface area contributed by atoms with Crippen molar-refractivity contribution in [2.75, 3.05) is 31.7 Å². The fourth-order valence-corrected chi connectivity index (χ4v) is 9.52. The maximum Gasteiger partial charge on any atom is 0.285 e. The van der Waals surface area contributed by atoms with Crippen LogP contribution in [0.1, 0.15) is 70.9 Å². The molecule has 1 saturated carbocycles. The highest BCUT2D eigenvalue weighted by molar-refractivity contribution is 7.76. The van der Waals surface area contributed by atoms with Crippen LogP contribution < -0.4 is 19.7 Å². The standard InChI is InChI=1S/C37H44ClN5O6S/c1-22-6-4-8-31(44)27-12-9-25(27)18-43-20-37(15-5-7-23-16-26(38)11-13-29(23)37)21-49-32-14-10-24(17-30(32)43)33(45)41-50(47)36(22)39-34(46)28-19-42(2)40-35(28)48-3/h4,8,10-11,13-14,16-17,19,22,25,27,31,36,44,50H,5-7,9,12,15,18,20-21H2,1-3H3,(H,39,46)/b8-4+/t22-,25-,27+,31-,36?,37-/m0/s1. The van der Waals surface area contributed by atoms with E-state index in [1.807, 2.05) is 25.1 Å². The molecule has 3 aromatic rings. The maximum atomic E-state index is 13.9. The van der Waals surface area contributed by atoms with Gasteiger partial charge in [0.1, 0.15) is 16.7 Å². The molecule has 266 valence electrons. The van der Waals surface area contributed by atoms with Gasteiger partial charge in [-0.05, 0) is 97.7 Å². The van der Waals surface area contributed by atoms with Gasteiger partial charge in [0.25, 0.3) is 11.8 Å². The Bertz CT molecular complexity index is 1920. The monoisotopic (exact) mass is 721 g/mol. The average molecular weight is 722 g/mol. The first kappa shape index (κ1) is 34.6. The van der Waals surface area contributed by atoms with Gasteiger partial charge >= 0.3 is 0 Å². The number of thiol groups is 1.